The molecule has 0 aliphatic rings. The molecule has 1 rings (SSSR count). The second-order valence-electron chi connectivity index (χ2n) is 3.44. The van der Waals surface area contributed by atoms with Gasteiger partial charge in [0.1, 0.15) is 0 Å². The molecule has 0 unspecified atom stereocenters. The molecule has 0 atom stereocenters. The van der Waals surface area contributed by atoms with Crippen LogP contribution < -0.4 is 15.6 Å². The van der Waals surface area contributed by atoms with Gasteiger partial charge in [-0.3, -0.25) is 0 Å². The molecule has 20 heavy (non-hydrogen) atoms. The standard InChI is InChI=1S/C8H8F5N3O3S/c9-5(10)4-1-3(2-14)7(20(15,17)18)16-6(4)19-8(11,12)13/h1,5H,2,14H2,(H2,15,17,18). The van der Waals surface area contributed by atoms with Crippen molar-refractivity contribution >= 4 is 10.0 Å². The van der Waals surface area contributed by atoms with Gasteiger partial charge in [0.05, 0.1) is 5.56 Å². The zero-order valence-corrected chi connectivity index (χ0v) is 10.3. The maximum atomic E-state index is 12.6. The quantitative estimate of drug-likeness (QED) is 0.805. The fourth-order valence-corrected chi connectivity index (χ4v) is 2.00. The Morgan fingerprint density at radius 1 is 1.35 bits per heavy atom. The number of aromatic nitrogens is 1. The predicted molar refractivity (Wildman–Crippen MR) is 55.1 cm³/mol. The minimum absolute atomic E-state index is 0.447. The number of sulfonamides is 1. The monoisotopic (exact) mass is 321 g/mol. The Balaban J connectivity index is 3.55. The Labute approximate surface area is 109 Å². The summed E-state index contributed by atoms with van der Waals surface area (Å²) in [6.07, 6.45) is -8.70. The van der Waals surface area contributed by atoms with Crippen LogP contribution in [0.3, 0.4) is 0 Å². The molecule has 4 N–H and O–H groups in total. The van der Waals surface area contributed by atoms with Crippen LogP contribution in [0, 0.1) is 0 Å². The number of alkyl halides is 5. The predicted octanol–water partition coefficient (Wildman–Crippen LogP) is 1.02. The van der Waals surface area contributed by atoms with Crippen LogP contribution >= 0.6 is 0 Å². The van der Waals surface area contributed by atoms with E-state index in [-0.39, 0.29) is 0 Å². The van der Waals surface area contributed by atoms with E-state index in [1.54, 1.807) is 0 Å². The van der Waals surface area contributed by atoms with Crippen LogP contribution in [0.4, 0.5) is 22.0 Å². The smallest absolute Gasteiger partial charge is 0.387 e. The summed E-state index contributed by atoms with van der Waals surface area (Å²) in [5, 5.41) is 3.67. The van der Waals surface area contributed by atoms with E-state index in [9.17, 15) is 30.4 Å². The van der Waals surface area contributed by atoms with Gasteiger partial charge < -0.3 is 10.5 Å². The van der Waals surface area contributed by atoms with Crippen molar-refractivity contribution in [1.82, 2.24) is 4.98 Å². The number of ether oxygens (including phenoxy) is 1. The van der Waals surface area contributed by atoms with E-state index in [4.69, 9.17) is 10.9 Å². The average Bonchev–Trinajstić information content (AvgIpc) is 2.24. The van der Waals surface area contributed by atoms with Crippen LogP contribution in [0.25, 0.3) is 0 Å². The van der Waals surface area contributed by atoms with Crippen LogP contribution in [0.1, 0.15) is 17.6 Å². The van der Waals surface area contributed by atoms with E-state index in [1.807, 2.05) is 0 Å². The zero-order chi connectivity index (χ0) is 15.7. The molecule has 114 valence electrons. The third kappa shape index (κ3) is 3.98. The van der Waals surface area contributed by atoms with E-state index in [0.29, 0.717) is 6.07 Å². The highest BCUT2D eigenvalue weighted by Crippen LogP contribution is 2.33. The fraction of sp³-hybridized carbons (Fsp3) is 0.375. The maximum Gasteiger partial charge on any atom is 0.574 e. The molecule has 0 amide bonds. The van der Waals surface area contributed by atoms with Crippen LogP contribution in [0.5, 0.6) is 5.88 Å². The van der Waals surface area contributed by atoms with Gasteiger partial charge >= 0.3 is 6.36 Å². The highest BCUT2D eigenvalue weighted by Gasteiger charge is 2.35. The molecule has 0 aliphatic heterocycles. The van der Waals surface area contributed by atoms with Gasteiger partial charge in [0.25, 0.3) is 16.4 Å². The van der Waals surface area contributed by atoms with Gasteiger partial charge in [0.2, 0.25) is 5.88 Å². The minimum Gasteiger partial charge on any atom is -0.387 e. The van der Waals surface area contributed by atoms with Crippen LogP contribution in [-0.2, 0) is 16.6 Å². The average molecular weight is 321 g/mol. The van der Waals surface area contributed by atoms with Crippen LogP contribution in [-0.4, -0.2) is 19.8 Å². The second kappa shape index (κ2) is 5.46. The lowest BCUT2D eigenvalue weighted by atomic mass is 10.2. The first-order valence-electron chi connectivity index (χ1n) is 4.76. The third-order valence-corrected chi connectivity index (χ3v) is 2.88. The van der Waals surface area contributed by atoms with Crippen molar-refractivity contribution in [3.8, 4) is 5.88 Å². The molecule has 1 aromatic rings. The molecule has 1 heterocycles. The largest absolute Gasteiger partial charge is 0.574 e. The summed E-state index contributed by atoms with van der Waals surface area (Å²) in [7, 11) is -4.55. The molecule has 0 aliphatic carbocycles. The number of nitrogens with two attached hydrogens (primary N) is 2. The zero-order valence-electron chi connectivity index (χ0n) is 9.49. The lowest BCUT2D eigenvalue weighted by molar-refractivity contribution is -0.276. The number of halogens is 5. The van der Waals surface area contributed by atoms with Crippen LogP contribution in [0.15, 0.2) is 11.1 Å². The number of hydrogen-bond donors (Lipinski definition) is 2. The summed E-state index contributed by atoms with van der Waals surface area (Å²) in [5.74, 6) is -1.59. The highest BCUT2D eigenvalue weighted by atomic mass is 32.2. The van der Waals surface area contributed by atoms with Crippen molar-refractivity contribution in [2.75, 3.05) is 0 Å². The summed E-state index contributed by atoms with van der Waals surface area (Å²) < 4.78 is 87.1. The number of rotatable bonds is 4. The molecule has 0 saturated heterocycles. The Hall–Kier alpha value is -1.53. The minimum atomic E-state index is -5.32. The number of hydrogen-bond acceptors (Lipinski definition) is 5. The van der Waals surface area contributed by atoms with Gasteiger partial charge in [0.15, 0.2) is 5.03 Å². The molecule has 6 nitrogen and oxygen atoms in total. The normalized spacial score (nSPS) is 12.8. The van der Waals surface area contributed by atoms with Crippen LogP contribution in [0.2, 0.25) is 0 Å². The molecular weight excluding hydrogens is 313 g/mol. The fourth-order valence-electron chi connectivity index (χ4n) is 1.28. The molecule has 0 bridgehead atoms. The summed E-state index contributed by atoms with van der Waals surface area (Å²) in [6.45, 7) is -0.565. The Bertz CT molecular complexity index is 602. The summed E-state index contributed by atoms with van der Waals surface area (Å²) in [4.78, 5) is 2.91. The SMILES string of the molecule is NCc1cc(C(F)F)c(OC(F)(F)F)nc1S(N)(=O)=O. The van der Waals surface area contributed by atoms with E-state index in [1.165, 1.54) is 0 Å². The first-order valence-corrected chi connectivity index (χ1v) is 6.31. The van der Waals surface area contributed by atoms with Gasteiger partial charge in [-0.25, -0.2) is 22.3 Å². The molecule has 0 fully saturated rings. The summed E-state index contributed by atoms with van der Waals surface area (Å²) in [5.41, 5.74) is 3.44. The van der Waals surface area contributed by atoms with E-state index < -0.39 is 51.4 Å². The number of nitrogens with zero attached hydrogens (tertiary/aromatic N) is 1. The molecule has 0 aromatic carbocycles. The van der Waals surface area contributed by atoms with Crippen molar-refractivity contribution in [2.24, 2.45) is 10.9 Å². The third-order valence-electron chi connectivity index (χ3n) is 1.99. The van der Waals surface area contributed by atoms with E-state index in [0.717, 1.165) is 0 Å². The Morgan fingerprint density at radius 2 is 1.90 bits per heavy atom. The molecule has 0 radical (unpaired) electrons. The van der Waals surface area contributed by atoms with E-state index >= 15 is 0 Å². The molecule has 12 heteroatoms. The second-order valence-corrected chi connectivity index (χ2v) is 4.92. The molecular formula is C8H8F5N3O3S. The Kier molecular flexibility index (Phi) is 4.51. The number of primary sulfonamides is 1. The molecule has 0 saturated carbocycles. The van der Waals surface area contributed by atoms with Gasteiger partial charge in [-0.2, -0.15) is 4.98 Å². The lowest BCUT2D eigenvalue weighted by Crippen LogP contribution is -2.23. The molecule has 0 spiro atoms. The van der Waals surface area contributed by atoms with Gasteiger partial charge in [-0.05, 0) is 6.07 Å². The van der Waals surface area contributed by atoms with Gasteiger partial charge in [0, 0.05) is 12.1 Å². The lowest BCUT2D eigenvalue weighted by Gasteiger charge is -2.14. The van der Waals surface area contributed by atoms with E-state index in [2.05, 4.69) is 9.72 Å². The summed E-state index contributed by atoms with van der Waals surface area (Å²) in [6, 6.07) is 0.457. The van der Waals surface area contributed by atoms with Crippen molar-refractivity contribution in [2.45, 2.75) is 24.4 Å². The molecule has 1 aromatic heterocycles. The van der Waals surface area contributed by atoms with Gasteiger partial charge in [-0.15, -0.1) is 13.2 Å². The summed E-state index contributed by atoms with van der Waals surface area (Å²) >= 11 is 0. The van der Waals surface area contributed by atoms with Gasteiger partial charge in [-0.1, -0.05) is 0 Å². The van der Waals surface area contributed by atoms with Crippen molar-refractivity contribution in [1.29, 1.82) is 0 Å². The Morgan fingerprint density at radius 3 is 2.25 bits per heavy atom. The van der Waals surface area contributed by atoms with Crippen molar-refractivity contribution in [3.05, 3.63) is 17.2 Å². The topological polar surface area (TPSA) is 108 Å². The first kappa shape index (κ1) is 16.5. The first-order chi connectivity index (χ1) is 8.95. The van der Waals surface area contributed by atoms with Crippen molar-refractivity contribution in [3.63, 3.8) is 0 Å². The highest BCUT2D eigenvalue weighted by molar-refractivity contribution is 7.89. The maximum absolute atomic E-state index is 12.6. The number of pyridine rings is 1. The van der Waals surface area contributed by atoms with Crippen molar-refractivity contribution < 1.29 is 35.1 Å².